The fourth-order valence-corrected chi connectivity index (χ4v) is 2.53. The summed E-state index contributed by atoms with van der Waals surface area (Å²) >= 11 is 0. The smallest absolute Gasteiger partial charge is 0.318 e. The third-order valence-corrected chi connectivity index (χ3v) is 3.67. The number of nitrogens with zero attached hydrogens (tertiary/aromatic N) is 1. The number of furan rings is 1. The van der Waals surface area contributed by atoms with Crippen LogP contribution in [-0.2, 0) is 9.47 Å². The number of ether oxygens (including phenoxy) is 2. The van der Waals surface area contributed by atoms with Crippen molar-refractivity contribution >= 4 is 6.03 Å². The van der Waals surface area contributed by atoms with E-state index in [0.717, 1.165) is 11.5 Å². The lowest BCUT2D eigenvalue weighted by atomic mass is 10.2. The molecule has 0 spiro atoms. The number of urea groups is 1. The lowest BCUT2D eigenvalue weighted by Crippen LogP contribution is -2.50. The van der Waals surface area contributed by atoms with Crippen LogP contribution in [0, 0.1) is 12.8 Å². The Morgan fingerprint density at radius 1 is 1.39 bits per heavy atom. The Morgan fingerprint density at radius 3 is 2.83 bits per heavy atom. The molecule has 2 amide bonds. The molecule has 0 radical (unpaired) electrons. The van der Waals surface area contributed by atoms with Gasteiger partial charge >= 0.3 is 6.03 Å². The molecule has 2 atom stereocenters. The van der Waals surface area contributed by atoms with Crippen molar-refractivity contribution in [2.45, 2.75) is 39.8 Å². The first-order valence-corrected chi connectivity index (χ1v) is 8.26. The van der Waals surface area contributed by atoms with E-state index in [1.54, 1.807) is 4.90 Å². The molecule has 1 fully saturated rings. The van der Waals surface area contributed by atoms with Gasteiger partial charge in [0.15, 0.2) is 0 Å². The van der Waals surface area contributed by atoms with Crippen molar-refractivity contribution in [2.75, 3.05) is 33.0 Å². The number of nitrogens with one attached hydrogen (secondary N) is 1. The van der Waals surface area contributed by atoms with Crippen LogP contribution in [0.1, 0.15) is 38.3 Å². The molecule has 0 unspecified atom stereocenters. The second-order valence-corrected chi connectivity index (χ2v) is 6.51. The lowest BCUT2D eigenvalue weighted by molar-refractivity contribution is 0.00256. The monoisotopic (exact) mass is 324 g/mol. The fraction of sp³-hybridized carbons (Fsp3) is 0.706. The summed E-state index contributed by atoms with van der Waals surface area (Å²) in [5.41, 5.74) is 0. The summed E-state index contributed by atoms with van der Waals surface area (Å²) in [6, 6.07) is 3.49. The fourth-order valence-electron chi connectivity index (χ4n) is 2.53. The molecule has 1 N–H and O–H groups in total. The van der Waals surface area contributed by atoms with Crippen LogP contribution in [0.3, 0.4) is 0 Å². The molecule has 130 valence electrons. The zero-order chi connectivity index (χ0) is 16.8. The quantitative estimate of drug-likeness (QED) is 0.874. The van der Waals surface area contributed by atoms with Gasteiger partial charge in [0, 0.05) is 13.2 Å². The molecule has 23 heavy (non-hydrogen) atoms. The van der Waals surface area contributed by atoms with Crippen LogP contribution in [-0.4, -0.2) is 49.9 Å². The number of aryl methyl sites for hydroxylation is 1. The van der Waals surface area contributed by atoms with E-state index in [4.69, 9.17) is 13.9 Å². The molecule has 2 rings (SSSR count). The van der Waals surface area contributed by atoms with Crippen molar-refractivity contribution in [3.63, 3.8) is 0 Å². The normalized spacial score (nSPS) is 19.9. The van der Waals surface area contributed by atoms with Crippen LogP contribution in [0.25, 0.3) is 0 Å². The van der Waals surface area contributed by atoms with Gasteiger partial charge in [0.05, 0.1) is 25.9 Å². The zero-order valence-corrected chi connectivity index (χ0v) is 14.5. The van der Waals surface area contributed by atoms with Crippen molar-refractivity contribution < 1.29 is 18.7 Å². The summed E-state index contributed by atoms with van der Waals surface area (Å²) in [6.45, 7) is 10.8. The van der Waals surface area contributed by atoms with Crippen LogP contribution >= 0.6 is 0 Å². The summed E-state index contributed by atoms with van der Waals surface area (Å²) in [4.78, 5) is 14.3. The van der Waals surface area contributed by atoms with Gasteiger partial charge in [0.2, 0.25) is 0 Å². The molecule has 6 heteroatoms. The van der Waals surface area contributed by atoms with Crippen LogP contribution in [0.2, 0.25) is 0 Å². The Morgan fingerprint density at radius 2 is 2.17 bits per heavy atom. The third kappa shape index (κ3) is 5.25. The van der Waals surface area contributed by atoms with Crippen LogP contribution in [0.4, 0.5) is 4.79 Å². The average Bonchev–Trinajstić information content (AvgIpc) is 2.93. The maximum absolute atomic E-state index is 12.6. The molecule has 1 saturated heterocycles. The Kier molecular flexibility index (Phi) is 6.47. The Labute approximate surface area is 138 Å². The third-order valence-electron chi connectivity index (χ3n) is 3.67. The molecule has 6 nitrogen and oxygen atoms in total. The van der Waals surface area contributed by atoms with E-state index in [-0.39, 0.29) is 18.1 Å². The molecule has 0 bridgehead atoms. The van der Waals surface area contributed by atoms with E-state index in [1.807, 2.05) is 26.0 Å². The van der Waals surface area contributed by atoms with Gasteiger partial charge in [0.25, 0.3) is 0 Å². The summed E-state index contributed by atoms with van der Waals surface area (Å²) in [5.74, 6) is 2.09. The molecule has 2 heterocycles. The van der Waals surface area contributed by atoms with Gasteiger partial charge in [-0.05, 0) is 31.9 Å². The molecule has 0 aliphatic carbocycles. The number of amides is 2. The van der Waals surface area contributed by atoms with E-state index in [9.17, 15) is 4.79 Å². The standard InChI is InChI=1S/C17H28N2O4/c1-12(2)9-22-10-13(3)18-17(20)19-7-8-21-11-15(19)16-6-5-14(4)23-16/h5-6,12-13,15H,7-11H2,1-4H3,(H,18,20)/t13-,15+/m1/s1. The minimum absolute atomic E-state index is 0.0388. The number of carbonyl (C=O) groups is 1. The number of morpholine rings is 1. The summed E-state index contributed by atoms with van der Waals surface area (Å²) in [5, 5.41) is 2.99. The van der Waals surface area contributed by atoms with Crippen LogP contribution in [0.15, 0.2) is 16.5 Å². The Hall–Kier alpha value is -1.53. The average molecular weight is 324 g/mol. The highest BCUT2D eigenvalue weighted by Crippen LogP contribution is 2.25. The van der Waals surface area contributed by atoms with Gasteiger partial charge in [0.1, 0.15) is 17.6 Å². The first-order valence-electron chi connectivity index (χ1n) is 8.26. The maximum atomic E-state index is 12.6. The lowest BCUT2D eigenvalue weighted by Gasteiger charge is -2.35. The van der Waals surface area contributed by atoms with Crippen molar-refractivity contribution in [3.05, 3.63) is 23.7 Å². The number of hydrogen-bond acceptors (Lipinski definition) is 4. The number of hydrogen-bond donors (Lipinski definition) is 1. The van der Waals surface area contributed by atoms with Crippen molar-refractivity contribution in [1.29, 1.82) is 0 Å². The number of rotatable bonds is 6. The van der Waals surface area contributed by atoms with Gasteiger partial charge < -0.3 is 24.1 Å². The first-order chi connectivity index (χ1) is 11.0. The van der Waals surface area contributed by atoms with Crippen LogP contribution in [0.5, 0.6) is 0 Å². The highest BCUT2D eigenvalue weighted by atomic mass is 16.5. The Bertz CT molecular complexity index is 501. The number of carbonyl (C=O) groups excluding carboxylic acids is 1. The molecular formula is C17H28N2O4. The van der Waals surface area contributed by atoms with E-state index in [0.29, 0.717) is 38.9 Å². The van der Waals surface area contributed by atoms with Crippen molar-refractivity contribution in [2.24, 2.45) is 5.92 Å². The van der Waals surface area contributed by atoms with E-state index in [1.165, 1.54) is 0 Å². The van der Waals surface area contributed by atoms with Gasteiger partial charge in [-0.2, -0.15) is 0 Å². The molecule has 1 aromatic rings. The molecule has 1 aliphatic rings. The first kappa shape index (κ1) is 17.8. The van der Waals surface area contributed by atoms with E-state index in [2.05, 4.69) is 19.2 Å². The highest BCUT2D eigenvalue weighted by Gasteiger charge is 2.31. The molecule has 0 aromatic carbocycles. The van der Waals surface area contributed by atoms with E-state index >= 15 is 0 Å². The SMILES string of the molecule is Cc1ccc([C@@H]2COCCN2C(=O)N[C@H](C)COCC(C)C)o1. The van der Waals surface area contributed by atoms with Gasteiger partial charge in [-0.15, -0.1) is 0 Å². The largest absolute Gasteiger partial charge is 0.464 e. The predicted octanol–water partition coefficient (Wildman–Crippen LogP) is 2.73. The highest BCUT2D eigenvalue weighted by molar-refractivity contribution is 5.75. The topological polar surface area (TPSA) is 63.9 Å². The van der Waals surface area contributed by atoms with Gasteiger partial charge in [-0.1, -0.05) is 13.8 Å². The minimum Gasteiger partial charge on any atom is -0.464 e. The van der Waals surface area contributed by atoms with Crippen LogP contribution < -0.4 is 5.32 Å². The second-order valence-electron chi connectivity index (χ2n) is 6.51. The summed E-state index contributed by atoms with van der Waals surface area (Å²) in [6.07, 6.45) is 0. The predicted molar refractivity (Wildman–Crippen MR) is 87.4 cm³/mol. The van der Waals surface area contributed by atoms with Gasteiger partial charge in [-0.25, -0.2) is 4.79 Å². The molecule has 1 aromatic heterocycles. The van der Waals surface area contributed by atoms with Crippen molar-refractivity contribution in [1.82, 2.24) is 10.2 Å². The van der Waals surface area contributed by atoms with Crippen molar-refractivity contribution in [3.8, 4) is 0 Å². The Balaban J connectivity index is 1.90. The minimum atomic E-state index is -0.179. The molecular weight excluding hydrogens is 296 g/mol. The summed E-state index contributed by atoms with van der Waals surface area (Å²) < 4.78 is 16.8. The molecule has 1 aliphatic heterocycles. The summed E-state index contributed by atoms with van der Waals surface area (Å²) in [7, 11) is 0. The van der Waals surface area contributed by atoms with E-state index < -0.39 is 0 Å². The second kappa shape index (κ2) is 8.36. The molecule has 0 saturated carbocycles. The maximum Gasteiger partial charge on any atom is 0.318 e. The zero-order valence-electron chi connectivity index (χ0n) is 14.5. The van der Waals surface area contributed by atoms with Gasteiger partial charge in [-0.3, -0.25) is 0 Å².